The molecule has 1 aliphatic rings. The monoisotopic (exact) mass is 341 g/mol. The summed E-state index contributed by atoms with van der Waals surface area (Å²) in [6.45, 7) is 9.15. The van der Waals surface area contributed by atoms with Crippen molar-refractivity contribution in [2.45, 2.75) is 44.6 Å². The topological polar surface area (TPSA) is 46.1 Å². The molecule has 1 aromatic carbocycles. The Kier molecular flexibility index (Phi) is 4.90. The minimum atomic E-state index is -0.0119. The number of hydrogen-bond donors (Lipinski definition) is 0. The summed E-state index contributed by atoms with van der Waals surface area (Å²) in [5.41, 5.74) is 5.60. The Labute approximate surface area is 147 Å². The number of thioether (sulfide) groups is 1. The molecule has 0 N–H and O–H groups in total. The van der Waals surface area contributed by atoms with Crippen LogP contribution in [0.1, 0.15) is 41.0 Å². The predicted octanol–water partition coefficient (Wildman–Crippen LogP) is 4.00. The molecule has 1 fully saturated rings. The maximum Gasteiger partial charge on any atom is 0.240 e. The van der Waals surface area contributed by atoms with Gasteiger partial charge in [-0.05, 0) is 45.2 Å². The number of nitrogens with zero attached hydrogens (tertiary/aromatic N) is 3. The molecule has 3 rings (SSSR count). The van der Waals surface area contributed by atoms with Crippen LogP contribution in [0.15, 0.2) is 30.7 Å². The van der Waals surface area contributed by atoms with Crippen LogP contribution in [-0.4, -0.2) is 27.7 Å². The molecule has 1 aromatic heterocycles. The number of rotatable bonds is 4. The molecule has 0 aliphatic carbocycles. The number of aryl methyl sites for hydroxylation is 3. The third kappa shape index (κ3) is 3.31. The predicted molar refractivity (Wildman–Crippen MR) is 99.4 cm³/mol. The summed E-state index contributed by atoms with van der Waals surface area (Å²) in [6.07, 6.45) is 6.03. The third-order valence-electron chi connectivity index (χ3n) is 4.43. The maximum absolute atomic E-state index is 12.9. The first-order valence-electron chi connectivity index (χ1n) is 8.28. The van der Waals surface area contributed by atoms with Crippen LogP contribution in [0.25, 0.3) is 0 Å². The van der Waals surface area contributed by atoms with Crippen molar-refractivity contribution in [2.24, 2.45) is 0 Å². The highest BCUT2D eigenvalue weighted by molar-refractivity contribution is 8.00. The normalized spacial score (nSPS) is 18.9. The van der Waals surface area contributed by atoms with Crippen molar-refractivity contribution in [1.82, 2.24) is 9.97 Å². The average Bonchev–Trinajstić information content (AvgIpc) is 2.88. The van der Waals surface area contributed by atoms with E-state index in [1.807, 2.05) is 4.90 Å². The lowest BCUT2D eigenvalue weighted by molar-refractivity contribution is -0.116. The minimum Gasteiger partial charge on any atom is -0.311 e. The van der Waals surface area contributed by atoms with E-state index < -0.39 is 0 Å². The second-order valence-electron chi connectivity index (χ2n) is 6.42. The first-order chi connectivity index (χ1) is 11.5. The molecule has 0 radical (unpaired) electrons. The van der Waals surface area contributed by atoms with Gasteiger partial charge in [0.2, 0.25) is 5.91 Å². The molecule has 24 heavy (non-hydrogen) atoms. The molecule has 5 heteroatoms. The molecular formula is C19H23N3OS. The van der Waals surface area contributed by atoms with Gasteiger partial charge in [0.15, 0.2) is 0 Å². The molecule has 0 unspecified atom stereocenters. The Morgan fingerprint density at radius 2 is 1.92 bits per heavy atom. The second-order valence-corrected chi connectivity index (χ2v) is 7.97. The van der Waals surface area contributed by atoms with Gasteiger partial charge in [-0.25, -0.2) is 0 Å². The van der Waals surface area contributed by atoms with Crippen LogP contribution < -0.4 is 4.90 Å². The van der Waals surface area contributed by atoms with Crippen LogP contribution in [0.5, 0.6) is 0 Å². The molecule has 126 valence electrons. The van der Waals surface area contributed by atoms with Gasteiger partial charge in [-0.15, -0.1) is 11.8 Å². The van der Waals surface area contributed by atoms with E-state index in [1.54, 1.807) is 30.4 Å². The van der Waals surface area contributed by atoms with E-state index in [0.717, 1.165) is 24.3 Å². The number of anilines is 1. The zero-order valence-electron chi connectivity index (χ0n) is 14.6. The van der Waals surface area contributed by atoms with Crippen molar-refractivity contribution in [3.63, 3.8) is 0 Å². The van der Waals surface area contributed by atoms with Crippen molar-refractivity contribution in [2.75, 3.05) is 11.4 Å². The number of carbonyl (C=O) groups excluding carboxylic acids is 1. The van der Waals surface area contributed by atoms with Crippen molar-refractivity contribution >= 4 is 23.4 Å². The van der Waals surface area contributed by atoms with E-state index in [2.05, 4.69) is 49.8 Å². The number of hydrogen-bond acceptors (Lipinski definition) is 4. The van der Waals surface area contributed by atoms with Crippen molar-refractivity contribution in [3.05, 3.63) is 53.1 Å². The largest absolute Gasteiger partial charge is 0.311 e. The first-order valence-corrected chi connectivity index (χ1v) is 9.22. The lowest BCUT2D eigenvalue weighted by atomic mass is 10.0. The fraction of sp³-hybridized carbons (Fsp3) is 0.421. The zero-order chi connectivity index (χ0) is 17.3. The van der Waals surface area contributed by atoms with E-state index in [0.29, 0.717) is 0 Å². The van der Waals surface area contributed by atoms with Gasteiger partial charge in [0.05, 0.1) is 10.9 Å². The van der Waals surface area contributed by atoms with E-state index in [4.69, 9.17) is 0 Å². The highest BCUT2D eigenvalue weighted by atomic mass is 32.2. The highest BCUT2D eigenvalue weighted by Crippen LogP contribution is 2.38. The fourth-order valence-corrected chi connectivity index (χ4v) is 4.68. The van der Waals surface area contributed by atoms with E-state index in [1.165, 1.54) is 16.7 Å². The Morgan fingerprint density at radius 1 is 1.21 bits per heavy atom. The van der Waals surface area contributed by atoms with Gasteiger partial charge in [-0.3, -0.25) is 14.8 Å². The molecule has 2 atom stereocenters. The summed E-state index contributed by atoms with van der Waals surface area (Å²) in [6, 6.07) is 4.30. The third-order valence-corrected chi connectivity index (χ3v) is 5.85. The molecule has 2 aromatic rings. The molecule has 1 saturated heterocycles. The molecule has 0 spiro atoms. The number of amides is 1. The molecule has 1 aliphatic heterocycles. The molecular weight excluding hydrogens is 318 g/mol. The maximum atomic E-state index is 12.9. The smallest absolute Gasteiger partial charge is 0.240 e. The van der Waals surface area contributed by atoms with Crippen LogP contribution in [0.4, 0.5) is 5.69 Å². The van der Waals surface area contributed by atoms with Gasteiger partial charge in [-0.1, -0.05) is 17.7 Å². The number of aromatic nitrogens is 2. The van der Waals surface area contributed by atoms with Crippen LogP contribution in [-0.2, 0) is 4.79 Å². The lowest BCUT2D eigenvalue weighted by Gasteiger charge is -2.22. The lowest BCUT2D eigenvalue weighted by Crippen LogP contribution is -2.29. The summed E-state index contributed by atoms with van der Waals surface area (Å²) in [7, 11) is 0. The summed E-state index contributed by atoms with van der Waals surface area (Å²) in [5, 5.41) is 0.148. The van der Waals surface area contributed by atoms with Crippen molar-refractivity contribution in [1.29, 1.82) is 0 Å². The SMILES string of the molecule is Cc1cc(C)c(N2CC[C@H](S[C@H](C)c3cnccn3)C2=O)c(C)c1. The Balaban J connectivity index is 1.76. The molecule has 4 nitrogen and oxygen atoms in total. The van der Waals surface area contributed by atoms with Gasteiger partial charge in [-0.2, -0.15) is 0 Å². The van der Waals surface area contributed by atoms with E-state index in [9.17, 15) is 4.79 Å². The Hall–Kier alpha value is -1.88. The highest BCUT2D eigenvalue weighted by Gasteiger charge is 2.35. The number of carbonyl (C=O) groups is 1. The Morgan fingerprint density at radius 3 is 2.54 bits per heavy atom. The van der Waals surface area contributed by atoms with Gasteiger partial charge in [0.1, 0.15) is 0 Å². The van der Waals surface area contributed by atoms with Gasteiger partial charge >= 0.3 is 0 Å². The molecule has 2 heterocycles. The van der Waals surface area contributed by atoms with Crippen molar-refractivity contribution < 1.29 is 4.79 Å². The van der Waals surface area contributed by atoms with Crippen LogP contribution in [0.2, 0.25) is 0 Å². The fourth-order valence-electron chi connectivity index (χ4n) is 3.44. The molecule has 1 amide bonds. The first kappa shape index (κ1) is 17.0. The van der Waals surface area contributed by atoms with Crippen molar-refractivity contribution in [3.8, 4) is 0 Å². The van der Waals surface area contributed by atoms with E-state index >= 15 is 0 Å². The van der Waals surface area contributed by atoms with Crippen LogP contribution >= 0.6 is 11.8 Å². The quantitative estimate of drug-likeness (QED) is 0.843. The molecule has 0 saturated carbocycles. The summed E-state index contributed by atoms with van der Waals surface area (Å²) >= 11 is 1.69. The van der Waals surface area contributed by atoms with Gasteiger partial charge in [0, 0.05) is 36.1 Å². The molecule has 0 bridgehead atoms. The van der Waals surface area contributed by atoms with E-state index in [-0.39, 0.29) is 16.4 Å². The number of benzene rings is 1. The Bertz CT molecular complexity index is 725. The van der Waals surface area contributed by atoms with Gasteiger partial charge in [0.25, 0.3) is 0 Å². The second kappa shape index (κ2) is 6.93. The van der Waals surface area contributed by atoms with Crippen LogP contribution in [0, 0.1) is 20.8 Å². The van der Waals surface area contributed by atoms with Gasteiger partial charge < -0.3 is 4.90 Å². The summed E-state index contributed by atoms with van der Waals surface area (Å²) in [4.78, 5) is 23.4. The van der Waals surface area contributed by atoms with Crippen LogP contribution in [0.3, 0.4) is 0 Å². The standard InChI is InChI=1S/C19H23N3OS/c1-12-9-13(2)18(14(3)10-12)22-8-5-17(19(22)23)24-15(4)16-11-20-6-7-21-16/h6-7,9-11,15,17H,5,8H2,1-4H3/t15-,17+/m1/s1. The minimum absolute atomic E-state index is 0.0119. The average molecular weight is 341 g/mol. The zero-order valence-corrected chi connectivity index (χ0v) is 15.4. The summed E-state index contributed by atoms with van der Waals surface area (Å²) in [5.74, 6) is 0.214. The summed E-state index contributed by atoms with van der Waals surface area (Å²) < 4.78 is 0.